The summed E-state index contributed by atoms with van der Waals surface area (Å²) >= 11 is 0. The molecule has 0 saturated heterocycles. The van der Waals surface area contributed by atoms with Crippen molar-refractivity contribution >= 4 is 17.9 Å². The van der Waals surface area contributed by atoms with Crippen LogP contribution in [0.25, 0.3) is 0 Å². The molecule has 0 heterocycles. The summed E-state index contributed by atoms with van der Waals surface area (Å²) in [6.45, 7) is 6.51. The number of carbonyl (C=O) groups is 3. The molecule has 0 N–H and O–H groups in total. The second-order valence-electron chi connectivity index (χ2n) is 19.2. The number of esters is 3. The van der Waals surface area contributed by atoms with Gasteiger partial charge in [-0.05, 0) is 77.0 Å². The zero-order valence-corrected chi connectivity index (χ0v) is 45.3. The first-order chi connectivity index (χ1) is 34.0. The van der Waals surface area contributed by atoms with Crippen molar-refractivity contribution in [2.45, 2.75) is 284 Å². The van der Waals surface area contributed by atoms with Crippen LogP contribution in [0.2, 0.25) is 0 Å². The Kier molecular flexibility index (Phi) is 54.3. The molecule has 0 aromatic heterocycles. The highest BCUT2D eigenvalue weighted by atomic mass is 16.6. The molecule has 0 spiro atoms. The monoisotopic (exact) mass is 961 g/mol. The van der Waals surface area contributed by atoms with Crippen LogP contribution < -0.4 is 0 Å². The van der Waals surface area contributed by atoms with Crippen molar-refractivity contribution in [3.63, 3.8) is 0 Å². The van der Waals surface area contributed by atoms with Gasteiger partial charge in [0.25, 0.3) is 0 Å². The molecule has 0 saturated carbocycles. The molecule has 0 bridgehead atoms. The van der Waals surface area contributed by atoms with Gasteiger partial charge in [-0.25, -0.2) is 0 Å². The molecule has 69 heavy (non-hydrogen) atoms. The van der Waals surface area contributed by atoms with E-state index in [1.807, 2.05) is 0 Å². The predicted molar refractivity (Wildman–Crippen MR) is 297 cm³/mol. The van der Waals surface area contributed by atoms with Crippen LogP contribution >= 0.6 is 0 Å². The van der Waals surface area contributed by atoms with Crippen LogP contribution in [0.4, 0.5) is 0 Å². The fourth-order valence-corrected chi connectivity index (χ4v) is 8.07. The van der Waals surface area contributed by atoms with Crippen molar-refractivity contribution in [2.24, 2.45) is 0 Å². The number of ether oxygens (including phenoxy) is 3. The highest BCUT2D eigenvalue weighted by Crippen LogP contribution is 2.15. The lowest BCUT2D eigenvalue weighted by molar-refractivity contribution is -0.167. The number of carbonyl (C=O) groups excluding carboxylic acids is 3. The van der Waals surface area contributed by atoms with Crippen LogP contribution in [0, 0.1) is 0 Å². The van der Waals surface area contributed by atoms with Gasteiger partial charge in [-0.2, -0.15) is 0 Å². The van der Waals surface area contributed by atoms with E-state index in [-0.39, 0.29) is 31.1 Å². The molecule has 0 aliphatic heterocycles. The van der Waals surface area contributed by atoms with E-state index in [2.05, 4.69) is 106 Å². The normalized spacial score (nSPS) is 12.7. The number of hydrogen-bond donors (Lipinski definition) is 0. The first-order valence-corrected chi connectivity index (χ1v) is 29.1. The van der Waals surface area contributed by atoms with Gasteiger partial charge in [-0.15, -0.1) is 0 Å². The van der Waals surface area contributed by atoms with Gasteiger partial charge in [0.2, 0.25) is 0 Å². The first-order valence-electron chi connectivity index (χ1n) is 29.1. The number of hydrogen-bond acceptors (Lipinski definition) is 6. The summed E-state index contributed by atoms with van der Waals surface area (Å²) in [7, 11) is 0. The minimum Gasteiger partial charge on any atom is -0.462 e. The maximum atomic E-state index is 12.8. The molecule has 0 aromatic rings. The first kappa shape index (κ1) is 65.6. The van der Waals surface area contributed by atoms with E-state index in [9.17, 15) is 14.4 Å². The summed E-state index contributed by atoms with van der Waals surface area (Å²) in [4.78, 5) is 38.0. The van der Waals surface area contributed by atoms with E-state index >= 15 is 0 Å². The quantitative estimate of drug-likeness (QED) is 0.0262. The topological polar surface area (TPSA) is 78.9 Å². The van der Waals surface area contributed by atoms with Gasteiger partial charge >= 0.3 is 17.9 Å². The smallest absolute Gasteiger partial charge is 0.306 e. The van der Waals surface area contributed by atoms with Gasteiger partial charge in [-0.1, -0.05) is 266 Å². The van der Waals surface area contributed by atoms with Gasteiger partial charge in [-0.3, -0.25) is 14.4 Å². The summed E-state index contributed by atoms with van der Waals surface area (Å²) in [5.41, 5.74) is 0. The Bertz CT molecular complexity index is 1330. The fraction of sp³-hybridized carbons (Fsp3) is 0.730. The van der Waals surface area contributed by atoms with Crippen molar-refractivity contribution in [2.75, 3.05) is 13.2 Å². The Morgan fingerprint density at radius 3 is 0.884 bits per heavy atom. The average Bonchev–Trinajstić information content (AvgIpc) is 3.35. The molecule has 0 amide bonds. The molecule has 0 aliphatic carbocycles. The van der Waals surface area contributed by atoms with Crippen molar-refractivity contribution < 1.29 is 28.6 Å². The standard InChI is InChI=1S/C63H108O6/c1-4-7-10-13-16-19-22-24-25-26-27-28-29-30-31-32-33-34-35-36-37-38-39-40-42-44-47-50-53-56-62(65)68-59-60(58-67-61(64)55-52-49-46-43-21-18-15-12-9-6-3)69-63(66)57-54-51-48-45-41-23-20-17-14-11-8-5-2/h7,10,16,19,24-25,27-28,30-31,33-34,36-37,60H,4-6,8-9,11-15,17-18,20-23,26,29,32,35,38-59H2,1-3H3/b10-7-,19-16-,25-24-,28-27-,31-30-,34-33-,37-36-. The van der Waals surface area contributed by atoms with Crippen LogP contribution in [0.1, 0.15) is 278 Å². The minimum atomic E-state index is -0.776. The van der Waals surface area contributed by atoms with Crippen molar-refractivity contribution in [3.8, 4) is 0 Å². The summed E-state index contributed by atoms with van der Waals surface area (Å²) in [5.74, 6) is -0.883. The van der Waals surface area contributed by atoms with Crippen LogP contribution in [0.15, 0.2) is 85.1 Å². The second-order valence-corrected chi connectivity index (χ2v) is 19.2. The van der Waals surface area contributed by atoms with Crippen LogP contribution in [-0.2, 0) is 28.6 Å². The van der Waals surface area contributed by atoms with Crippen molar-refractivity contribution in [1.29, 1.82) is 0 Å². The zero-order chi connectivity index (χ0) is 50.0. The van der Waals surface area contributed by atoms with E-state index in [0.717, 1.165) is 109 Å². The van der Waals surface area contributed by atoms with Crippen LogP contribution in [-0.4, -0.2) is 37.2 Å². The molecular formula is C63H108O6. The van der Waals surface area contributed by atoms with Gasteiger partial charge in [0, 0.05) is 19.3 Å². The third-order valence-corrected chi connectivity index (χ3v) is 12.4. The second kappa shape index (κ2) is 57.2. The van der Waals surface area contributed by atoms with E-state index < -0.39 is 6.10 Å². The lowest BCUT2D eigenvalue weighted by atomic mass is 10.0. The van der Waals surface area contributed by atoms with Gasteiger partial charge < -0.3 is 14.2 Å². The average molecular weight is 962 g/mol. The van der Waals surface area contributed by atoms with Crippen molar-refractivity contribution in [1.82, 2.24) is 0 Å². The van der Waals surface area contributed by atoms with Gasteiger partial charge in [0.05, 0.1) is 0 Å². The Balaban J connectivity index is 4.22. The lowest BCUT2D eigenvalue weighted by Gasteiger charge is -2.18. The van der Waals surface area contributed by atoms with E-state index in [4.69, 9.17) is 14.2 Å². The third-order valence-electron chi connectivity index (χ3n) is 12.4. The maximum Gasteiger partial charge on any atom is 0.306 e. The molecular weight excluding hydrogens is 853 g/mol. The molecule has 0 rings (SSSR count). The van der Waals surface area contributed by atoms with E-state index in [1.165, 1.54) is 128 Å². The molecule has 0 radical (unpaired) electrons. The molecule has 6 nitrogen and oxygen atoms in total. The minimum absolute atomic E-state index is 0.0761. The van der Waals surface area contributed by atoms with E-state index in [0.29, 0.717) is 19.3 Å². The molecule has 1 atom stereocenters. The molecule has 0 aromatic carbocycles. The Morgan fingerprint density at radius 2 is 0.565 bits per heavy atom. The molecule has 6 heteroatoms. The van der Waals surface area contributed by atoms with Crippen LogP contribution in [0.3, 0.4) is 0 Å². The van der Waals surface area contributed by atoms with E-state index in [1.54, 1.807) is 0 Å². The number of unbranched alkanes of at least 4 members (excludes halogenated alkanes) is 27. The SMILES string of the molecule is CC/C=C\C/C=C\C/C=C\C/C=C\C/C=C\C/C=C\C/C=C\CCCCCCCCCC(=O)OCC(COC(=O)CCCCCCCCCCCC)OC(=O)CCCCCCCCCCCCCC. The zero-order valence-electron chi connectivity index (χ0n) is 45.3. The molecule has 0 fully saturated rings. The largest absolute Gasteiger partial charge is 0.462 e. The molecule has 396 valence electrons. The summed E-state index contributed by atoms with van der Waals surface area (Å²) in [6, 6.07) is 0. The Labute approximate surface area is 426 Å². The molecule has 0 aliphatic rings. The highest BCUT2D eigenvalue weighted by molar-refractivity contribution is 5.71. The molecule has 1 unspecified atom stereocenters. The third kappa shape index (κ3) is 55.4. The fourth-order valence-electron chi connectivity index (χ4n) is 8.07. The van der Waals surface area contributed by atoms with Crippen LogP contribution in [0.5, 0.6) is 0 Å². The van der Waals surface area contributed by atoms with Gasteiger partial charge in [0.15, 0.2) is 6.10 Å². The summed E-state index contributed by atoms with van der Waals surface area (Å²) < 4.78 is 16.8. The highest BCUT2D eigenvalue weighted by Gasteiger charge is 2.19. The Morgan fingerprint density at radius 1 is 0.304 bits per heavy atom. The van der Waals surface area contributed by atoms with Crippen molar-refractivity contribution in [3.05, 3.63) is 85.1 Å². The number of allylic oxidation sites excluding steroid dienone is 14. The van der Waals surface area contributed by atoms with Gasteiger partial charge in [0.1, 0.15) is 13.2 Å². The number of rotatable bonds is 52. The summed E-state index contributed by atoms with van der Waals surface area (Å²) in [6.07, 6.45) is 74.4. The Hall–Kier alpha value is -3.41. The maximum absolute atomic E-state index is 12.8. The lowest BCUT2D eigenvalue weighted by Crippen LogP contribution is -2.30. The predicted octanol–water partition coefficient (Wildman–Crippen LogP) is 19.5. The summed E-state index contributed by atoms with van der Waals surface area (Å²) in [5, 5.41) is 0.